The molecule has 1 aromatic carbocycles. The third-order valence-corrected chi connectivity index (χ3v) is 3.41. The Labute approximate surface area is 118 Å². The third kappa shape index (κ3) is 3.39. The average molecular weight is 330 g/mol. The van der Waals surface area contributed by atoms with E-state index in [1.54, 1.807) is 17.1 Å². The number of hydrogen-bond acceptors (Lipinski definition) is 2. The Morgan fingerprint density at radius 2 is 2.16 bits per heavy atom. The number of nitrogens with one attached hydrogen (secondary N) is 1. The zero-order chi connectivity index (χ0) is 13.8. The van der Waals surface area contributed by atoms with Crippen LogP contribution in [0.25, 0.3) is 0 Å². The van der Waals surface area contributed by atoms with Crippen molar-refractivity contribution >= 4 is 15.9 Å². The number of nitrogens with zero attached hydrogens (tertiary/aromatic N) is 2. The van der Waals surface area contributed by atoms with E-state index in [1.807, 2.05) is 7.05 Å². The van der Waals surface area contributed by atoms with Crippen LogP contribution < -0.4 is 5.32 Å². The molecule has 0 spiro atoms. The molecule has 0 radical (unpaired) electrons. The molecule has 0 amide bonds. The van der Waals surface area contributed by atoms with Crippen LogP contribution in [-0.4, -0.2) is 23.1 Å². The smallest absolute Gasteiger partial charge is 0.145 e. The Morgan fingerprint density at radius 1 is 1.37 bits per heavy atom. The fourth-order valence-electron chi connectivity index (χ4n) is 1.77. The molecule has 6 heteroatoms. The molecule has 2 aromatic rings. The summed E-state index contributed by atoms with van der Waals surface area (Å²) in [7, 11) is 1.86. The lowest BCUT2D eigenvalue weighted by molar-refractivity contribution is 0.540. The Hall–Kier alpha value is -1.27. The number of rotatable bonds is 5. The zero-order valence-electron chi connectivity index (χ0n) is 10.5. The van der Waals surface area contributed by atoms with Gasteiger partial charge in [-0.2, -0.15) is 0 Å². The van der Waals surface area contributed by atoms with Crippen molar-refractivity contribution in [3.8, 4) is 0 Å². The maximum absolute atomic E-state index is 13.8. The lowest BCUT2D eigenvalue weighted by Gasteiger charge is -2.07. The van der Waals surface area contributed by atoms with Gasteiger partial charge in [0.25, 0.3) is 0 Å². The largest absolute Gasteiger partial charge is 0.333 e. The van der Waals surface area contributed by atoms with Crippen LogP contribution in [0.15, 0.2) is 29.1 Å². The fourth-order valence-corrected chi connectivity index (χ4v) is 2.14. The van der Waals surface area contributed by atoms with Gasteiger partial charge in [0.2, 0.25) is 0 Å². The quantitative estimate of drug-likeness (QED) is 0.855. The second-order valence-electron chi connectivity index (χ2n) is 4.21. The predicted molar refractivity (Wildman–Crippen MR) is 73.0 cm³/mol. The van der Waals surface area contributed by atoms with Crippen LogP contribution in [0, 0.1) is 11.6 Å². The van der Waals surface area contributed by atoms with Crippen molar-refractivity contribution in [2.75, 3.05) is 13.6 Å². The van der Waals surface area contributed by atoms with Gasteiger partial charge in [-0.15, -0.1) is 0 Å². The molecule has 0 aliphatic carbocycles. The van der Waals surface area contributed by atoms with Gasteiger partial charge in [0.1, 0.15) is 11.6 Å². The van der Waals surface area contributed by atoms with Crippen LogP contribution in [-0.2, 0) is 13.0 Å². The summed E-state index contributed by atoms with van der Waals surface area (Å²) in [5.74, 6) is -1.11. The highest BCUT2D eigenvalue weighted by atomic mass is 79.9. The summed E-state index contributed by atoms with van der Waals surface area (Å²) in [6.07, 6.45) is 4.18. The molecule has 0 atom stereocenters. The normalized spacial score (nSPS) is 10.9. The van der Waals surface area contributed by atoms with Crippen molar-refractivity contribution in [2.24, 2.45) is 0 Å². The first-order valence-corrected chi connectivity index (χ1v) is 6.68. The van der Waals surface area contributed by atoms with Gasteiger partial charge in [-0.05, 0) is 35.1 Å². The molecular formula is C13H14BrF2N3. The SMILES string of the molecule is CNCCc1cn(Cc2c(F)ccc(Br)c2F)cn1. The van der Waals surface area contributed by atoms with Gasteiger partial charge >= 0.3 is 0 Å². The molecular weight excluding hydrogens is 316 g/mol. The number of benzene rings is 1. The van der Waals surface area contributed by atoms with Crippen LogP contribution in [0.1, 0.15) is 11.3 Å². The van der Waals surface area contributed by atoms with Crippen molar-refractivity contribution < 1.29 is 8.78 Å². The molecule has 1 heterocycles. The van der Waals surface area contributed by atoms with Gasteiger partial charge in [0, 0.05) is 24.7 Å². The molecule has 19 heavy (non-hydrogen) atoms. The van der Waals surface area contributed by atoms with E-state index in [4.69, 9.17) is 0 Å². The topological polar surface area (TPSA) is 29.9 Å². The minimum absolute atomic E-state index is 0.0342. The number of aromatic nitrogens is 2. The van der Waals surface area contributed by atoms with Crippen molar-refractivity contribution in [1.29, 1.82) is 0 Å². The Morgan fingerprint density at radius 3 is 2.89 bits per heavy atom. The Balaban J connectivity index is 2.17. The maximum Gasteiger partial charge on any atom is 0.145 e. The maximum atomic E-state index is 13.8. The van der Waals surface area contributed by atoms with E-state index in [0.29, 0.717) is 0 Å². The summed E-state index contributed by atoms with van der Waals surface area (Å²) in [5, 5.41) is 3.03. The lowest BCUT2D eigenvalue weighted by Crippen LogP contribution is -2.10. The highest BCUT2D eigenvalue weighted by molar-refractivity contribution is 9.10. The summed E-state index contributed by atoms with van der Waals surface area (Å²) >= 11 is 3.06. The van der Waals surface area contributed by atoms with Crippen LogP contribution in [0.5, 0.6) is 0 Å². The van der Waals surface area contributed by atoms with E-state index in [-0.39, 0.29) is 16.6 Å². The molecule has 0 aliphatic heterocycles. The minimum Gasteiger partial charge on any atom is -0.333 e. The number of imidazole rings is 1. The molecule has 0 aliphatic rings. The molecule has 0 fully saturated rings. The summed E-state index contributed by atoms with van der Waals surface area (Å²) in [6, 6.07) is 2.61. The molecule has 2 rings (SSSR count). The van der Waals surface area contributed by atoms with Gasteiger partial charge in [-0.3, -0.25) is 0 Å². The first-order chi connectivity index (χ1) is 9.11. The summed E-state index contributed by atoms with van der Waals surface area (Å²) < 4.78 is 29.4. The van der Waals surface area contributed by atoms with E-state index in [1.165, 1.54) is 12.1 Å². The van der Waals surface area contributed by atoms with E-state index in [9.17, 15) is 8.78 Å². The second kappa shape index (κ2) is 6.25. The summed E-state index contributed by atoms with van der Waals surface area (Å²) in [4.78, 5) is 4.20. The van der Waals surface area contributed by atoms with Gasteiger partial charge in [-0.1, -0.05) is 0 Å². The van der Waals surface area contributed by atoms with Crippen LogP contribution in [0.4, 0.5) is 8.78 Å². The Bertz CT molecular complexity index is 569. The van der Waals surface area contributed by atoms with Gasteiger partial charge < -0.3 is 9.88 Å². The number of likely N-dealkylation sites (N-methyl/N-ethyl adjacent to an activating group) is 1. The number of halogens is 3. The van der Waals surface area contributed by atoms with E-state index in [0.717, 1.165) is 18.7 Å². The van der Waals surface area contributed by atoms with Crippen LogP contribution in [0.3, 0.4) is 0 Å². The average Bonchev–Trinajstić information content (AvgIpc) is 2.84. The van der Waals surface area contributed by atoms with Crippen LogP contribution >= 0.6 is 15.9 Å². The highest BCUT2D eigenvalue weighted by Crippen LogP contribution is 2.22. The summed E-state index contributed by atoms with van der Waals surface area (Å²) in [5.41, 5.74) is 0.928. The molecule has 0 saturated carbocycles. The molecule has 0 bridgehead atoms. The van der Waals surface area contributed by atoms with E-state index < -0.39 is 11.6 Å². The molecule has 0 saturated heterocycles. The first kappa shape index (κ1) is 14.1. The van der Waals surface area contributed by atoms with Gasteiger partial charge in [0.15, 0.2) is 0 Å². The van der Waals surface area contributed by atoms with Crippen LogP contribution in [0.2, 0.25) is 0 Å². The molecule has 3 nitrogen and oxygen atoms in total. The van der Waals surface area contributed by atoms with Crippen molar-refractivity contribution in [3.05, 3.63) is 52.0 Å². The van der Waals surface area contributed by atoms with Gasteiger partial charge in [-0.25, -0.2) is 13.8 Å². The lowest BCUT2D eigenvalue weighted by atomic mass is 10.2. The monoisotopic (exact) mass is 329 g/mol. The van der Waals surface area contributed by atoms with Crippen molar-refractivity contribution in [2.45, 2.75) is 13.0 Å². The molecule has 102 valence electrons. The molecule has 1 aromatic heterocycles. The highest BCUT2D eigenvalue weighted by Gasteiger charge is 2.13. The molecule has 1 N–H and O–H groups in total. The summed E-state index contributed by atoms with van der Waals surface area (Å²) in [6.45, 7) is 0.945. The predicted octanol–water partition coefficient (Wildman–Crippen LogP) is 2.73. The standard InChI is InChI=1S/C13H14BrF2N3/c1-17-5-4-9-6-19(8-18-9)7-10-12(15)3-2-11(14)13(10)16/h2-3,6,8,17H,4-5,7H2,1H3. The third-order valence-electron chi connectivity index (χ3n) is 2.80. The Kier molecular flexibility index (Phi) is 4.66. The van der Waals surface area contributed by atoms with Crippen molar-refractivity contribution in [1.82, 2.24) is 14.9 Å². The van der Waals surface area contributed by atoms with E-state index in [2.05, 4.69) is 26.2 Å². The van der Waals surface area contributed by atoms with E-state index >= 15 is 0 Å². The minimum atomic E-state index is -0.564. The van der Waals surface area contributed by atoms with Crippen molar-refractivity contribution in [3.63, 3.8) is 0 Å². The first-order valence-electron chi connectivity index (χ1n) is 5.89. The zero-order valence-corrected chi connectivity index (χ0v) is 12.0. The number of hydrogen-bond donors (Lipinski definition) is 1. The molecule has 0 unspecified atom stereocenters. The fraction of sp³-hybridized carbons (Fsp3) is 0.308. The van der Waals surface area contributed by atoms with Gasteiger partial charge in [0.05, 0.1) is 23.0 Å². The second-order valence-corrected chi connectivity index (χ2v) is 5.07.